The summed E-state index contributed by atoms with van der Waals surface area (Å²) in [5.41, 5.74) is -0.352. The largest absolute Gasteiger partial charge is 0.325 e. The average Bonchev–Trinajstić information content (AvgIpc) is 2.65. The van der Waals surface area contributed by atoms with Crippen molar-refractivity contribution in [2.24, 2.45) is 17.8 Å². The Labute approximate surface area is 124 Å². The summed E-state index contributed by atoms with van der Waals surface area (Å²) in [4.78, 5) is 14.9. The normalized spacial score (nSPS) is 38.8. The zero-order valence-corrected chi connectivity index (χ0v) is 13.9. The SMILES string of the molecule is CCC1(C)NC(C(C)C)N(CC2CCCC(C)C2)C1=O. The van der Waals surface area contributed by atoms with Crippen molar-refractivity contribution in [2.45, 2.75) is 78.4 Å². The van der Waals surface area contributed by atoms with Gasteiger partial charge in [0.1, 0.15) is 0 Å². The van der Waals surface area contributed by atoms with Crippen molar-refractivity contribution in [1.29, 1.82) is 0 Å². The molecule has 0 aromatic rings. The highest BCUT2D eigenvalue weighted by molar-refractivity contribution is 5.88. The lowest BCUT2D eigenvalue weighted by atomic mass is 9.82. The lowest BCUT2D eigenvalue weighted by Crippen LogP contribution is -2.45. The van der Waals surface area contributed by atoms with Crippen LogP contribution in [-0.2, 0) is 4.79 Å². The maximum atomic E-state index is 12.8. The second-order valence-electron chi connectivity index (χ2n) is 7.61. The first-order chi connectivity index (χ1) is 9.37. The Morgan fingerprint density at radius 2 is 2.10 bits per heavy atom. The highest BCUT2D eigenvalue weighted by atomic mass is 16.2. The van der Waals surface area contributed by atoms with Crippen LogP contribution in [0.3, 0.4) is 0 Å². The first-order valence-electron chi connectivity index (χ1n) is 8.46. The molecule has 1 saturated carbocycles. The summed E-state index contributed by atoms with van der Waals surface area (Å²) in [7, 11) is 0. The number of hydrogen-bond donors (Lipinski definition) is 1. The van der Waals surface area contributed by atoms with Crippen LogP contribution in [-0.4, -0.2) is 29.1 Å². The first-order valence-corrected chi connectivity index (χ1v) is 8.46. The monoisotopic (exact) mass is 280 g/mol. The third kappa shape index (κ3) is 3.03. The van der Waals surface area contributed by atoms with E-state index in [1.54, 1.807) is 0 Å². The van der Waals surface area contributed by atoms with Gasteiger partial charge in [-0.2, -0.15) is 0 Å². The summed E-state index contributed by atoms with van der Waals surface area (Å²) in [6.07, 6.45) is 6.36. The number of hydrogen-bond acceptors (Lipinski definition) is 2. The number of rotatable bonds is 4. The molecule has 2 fully saturated rings. The summed E-state index contributed by atoms with van der Waals surface area (Å²) in [5, 5.41) is 3.59. The molecule has 1 aliphatic heterocycles. The van der Waals surface area contributed by atoms with Crippen LogP contribution < -0.4 is 5.32 Å². The molecule has 1 amide bonds. The Kier molecular flexibility index (Phi) is 4.78. The van der Waals surface area contributed by atoms with E-state index in [1.807, 2.05) is 0 Å². The van der Waals surface area contributed by atoms with Gasteiger partial charge in [-0.1, -0.05) is 40.5 Å². The lowest BCUT2D eigenvalue weighted by Gasteiger charge is -2.34. The second kappa shape index (κ2) is 6.05. The van der Waals surface area contributed by atoms with Crippen molar-refractivity contribution in [1.82, 2.24) is 10.2 Å². The van der Waals surface area contributed by atoms with Crippen LogP contribution in [0.1, 0.15) is 66.7 Å². The van der Waals surface area contributed by atoms with E-state index in [9.17, 15) is 4.79 Å². The van der Waals surface area contributed by atoms with Crippen LogP contribution in [0.2, 0.25) is 0 Å². The zero-order valence-electron chi connectivity index (χ0n) is 13.9. The van der Waals surface area contributed by atoms with Gasteiger partial charge in [0.15, 0.2) is 0 Å². The fourth-order valence-electron chi connectivity index (χ4n) is 3.89. The van der Waals surface area contributed by atoms with Crippen molar-refractivity contribution < 1.29 is 4.79 Å². The molecule has 20 heavy (non-hydrogen) atoms. The maximum absolute atomic E-state index is 12.8. The minimum Gasteiger partial charge on any atom is -0.325 e. The summed E-state index contributed by atoms with van der Waals surface area (Å²) in [5.74, 6) is 2.31. The van der Waals surface area contributed by atoms with Gasteiger partial charge in [0, 0.05) is 6.54 Å². The number of nitrogens with one attached hydrogen (secondary N) is 1. The fourth-order valence-corrected chi connectivity index (χ4v) is 3.89. The van der Waals surface area contributed by atoms with E-state index < -0.39 is 0 Å². The van der Waals surface area contributed by atoms with Gasteiger partial charge in [0.05, 0.1) is 11.7 Å². The molecule has 3 nitrogen and oxygen atoms in total. The number of amides is 1. The number of carbonyl (C=O) groups excluding carboxylic acids is 1. The molecule has 4 unspecified atom stereocenters. The van der Waals surface area contributed by atoms with E-state index in [1.165, 1.54) is 25.7 Å². The highest BCUT2D eigenvalue weighted by Gasteiger charge is 2.48. The summed E-state index contributed by atoms with van der Waals surface area (Å²) in [6.45, 7) is 11.9. The molecule has 0 bridgehead atoms. The van der Waals surface area contributed by atoms with Crippen molar-refractivity contribution in [3.63, 3.8) is 0 Å². The maximum Gasteiger partial charge on any atom is 0.243 e. The summed E-state index contributed by atoms with van der Waals surface area (Å²) in [6, 6.07) is 0. The van der Waals surface area contributed by atoms with Crippen molar-refractivity contribution in [2.75, 3.05) is 6.54 Å². The van der Waals surface area contributed by atoms with Gasteiger partial charge in [0.25, 0.3) is 0 Å². The zero-order chi connectivity index (χ0) is 14.9. The molecule has 1 heterocycles. The molecule has 116 valence electrons. The quantitative estimate of drug-likeness (QED) is 0.856. The van der Waals surface area contributed by atoms with Crippen molar-refractivity contribution in [3.8, 4) is 0 Å². The lowest BCUT2D eigenvalue weighted by molar-refractivity contribution is -0.134. The van der Waals surface area contributed by atoms with Gasteiger partial charge in [-0.3, -0.25) is 10.1 Å². The average molecular weight is 280 g/mol. The molecule has 0 aromatic carbocycles. The van der Waals surface area contributed by atoms with Crippen LogP contribution >= 0.6 is 0 Å². The van der Waals surface area contributed by atoms with Crippen LogP contribution in [0.4, 0.5) is 0 Å². The van der Waals surface area contributed by atoms with E-state index >= 15 is 0 Å². The molecule has 0 spiro atoms. The second-order valence-corrected chi connectivity index (χ2v) is 7.61. The Hall–Kier alpha value is -0.570. The summed E-state index contributed by atoms with van der Waals surface area (Å²) >= 11 is 0. The van der Waals surface area contributed by atoms with Crippen molar-refractivity contribution in [3.05, 3.63) is 0 Å². The molecule has 2 rings (SSSR count). The van der Waals surface area contributed by atoms with Gasteiger partial charge in [-0.05, 0) is 43.9 Å². The molecular weight excluding hydrogens is 248 g/mol. The molecule has 1 N–H and O–H groups in total. The van der Waals surface area contributed by atoms with E-state index in [-0.39, 0.29) is 11.7 Å². The molecule has 4 atom stereocenters. The number of nitrogens with zero attached hydrogens (tertiary/aromatic N) is 1. The van der Waals surface area contributed by atoms with Crippen LogP contribution in [0.25, 0.3) is 0 Å². The van der Waals surface area contributed by atoms with Crippen molar-refractivity contribution >= 4 is 5.91 Å². The Morgan fingerprint density at radius 1 is 1.40 bits per heavy atom. The topological polar surface area (TPSA) is 32.3 Å². The number of carbonyl (C=O) groups is 1. The van der Waals surface area contributed by atoms with Gasteiger partial charge in [-0.25, -0.2) is 0 Å². The smallest absolute Gasteiger partial charge is 0.243 e. The Bertz CT molecular complexity index is 355. The van der Waals surface area contributed by atoms with Gasteiger partial charge < -0.3 is 4.90 Å². The molecule has 3 heteroatoms. The van der Waals surface area contributed by atoms with Gasteiger partial charge >= 0.3 is 0 Å². The predicted octanol–water partition coefficient (Wildman–Crippen LogP) is 3.40. The molecular formula is C17H32N2O. The first kappa shape index (κ1) is 15.8. The predicted molar refractivity (Wildman–Crippen MR) is 83.3 cm³/mol. The Morgan fingerprint density at radius 3 is 2.65 bits per heavy atom. The fraction of sp³-hybridized carbons (Fsp3) is 0.941. The van der Waals surface area contributed by atoms with E-state index in [4.69, 9.17) is 0 Å². The molecule has 0 aromatic heterocycles. The minimum atomic E-state index is -0.352. The van der Waals surface area contributed by atoms with Crippen LogP contribution in [0.15, 0.2) is 0 Å². The van der Waals surface area contributed by atoms with E-state index in [0.717, 1.165) is 18.9 Å². The minimum absolute atomic E-state index is 0.213. The van der Waals surface area contributed by atoms with E-state index in [2.05, 4.69) is 44.8 Å². The summed E-state index contributed by atoms with van der Waals surface area (Å²) < 4.78 is 0. The third-order valence-electron chi connectivity index (χ3n) is 5.37. The van der Waals surface area contributed by atoms with E-state index in [0.29, 0.717) is 17.7 Å². The van der Waals surface area contributed by atoms with Gasteiger partial charge in [-0.15, -0.1) is 0 Å². The van der Waals surface area contributed by atoms with Crippen LogP contribution in [0, 0.1) is 17.8 Å². The standard InChI is InChI=1S/C17H32N2O/c1-6-17(5)16(20)19(15(18-17)12(2)3)11-14-9-7-8-13(4)10-14/h12-15,18H,6-11H2,1-5H3. The molecule has 1 aliphatic carbocycles. The molecule has 1 saturated heterocycles. The van der Waals surface area contributed by atoms with Gasteiger partial charge in [0.2, 0.25) is 5.91 Å². The van der Waals surface area contributed by atoms with Crippen LogP contribution in [0.5, 0.6) is 0 Å². The molecule has 2 aliphatic rings. The third-order valence-corrected chi connectivity index (χ3v) is 5.37. The Balaban J connectivity index is 2.09. The highest BCUT2D eigenvalue weighted by Crippen LogP contribution is 2.33. The molecule has 0 radical (unpaired) electrons.